The number of aromatic nitrogens is 2. The SMILES string of the molecule is COCn1cc(NC(=O)/C=C/c2ccc(OC)c(COc3ccc(C)cc3)c2)cn1. The molecule has 3 rings (SSSR count). The first kappa shape index (κ1) is 21.1. The zero-order chi connectivity index (χ0) is 21.3. The molecule has 0 unspecified atom stereocenters. The van der Waals surface area contributed by atoms with Crippen LogP contribution >= 0.6 is 0 Å². The molecule has 0 saturated carbocycles. The van der Waals surface area contributed by atoms with Gasteiger partial charge in [-0.15, -0.1) is 0 Å². The highest BCUT2D eigenvalue weighted by molar-refractivity contribution is 6.01. The molecule has 1 aromatic heterocycles. The number of hydrogen-bond donors (Lipinski definition) is 1. The molecular formula is C23H25N3O4. The van der Waals surface area contributed by atoms with Gasteiger partial charge in [-0.2, -0.15) is 5.10 Å². The zero-order valence-electron chi connectivity index (χ0n) is 17.3. The van der Waals surface area contributed by atoms with Crippen molar-refractivity contribution in [2.24, 2.45) is 0 Å². The van der Waals surface area contributed by atoms with Gasteiger partial charge in [0.05, 0.1) is 25.2 Å². The Kier molecular flexibility index (Phi) is 7.24. The van der Waals surface area contributed by atoms with Crippen molar-refractivity contribution < 1.29 is 19.0 Å². The van der Waals surface area contributed by atoms with Crippen LogP contribution in [-0.4, -0.2) is 29.9 Å². The molecule has 0 fully saturated rings. The van der Waals surface area contributed by atoms with Crippen LogP contribution in [-0.2, 0) is 22.9 Å². The summed E-state index contributed by atoms with van der Waals surface area (Å²) < 4.78 is 17.9. The molecular weight excluding hydrogens is 382 g/mol. The van der Waals surface area contributed by atoms with Crippen molar-refractivity contribution in [3.8, 4) is 11.5 Å². The molecule has 0 atom stereocenters. The van der Waals surface area contributed by atoms with Crippen molar-refractivity contribution >= 4 is 17.7 Å². The molecule has 0 aliphatic rings. The van der Waals surface area contributed by atoms with E-state index >= 15 is 0 Å². The molecule has 0 aliphatic heterocycles. The Bertz CT molecular complexity index is 1010. The average Bonchev–Trinajstić information content (AvgIpc) is 3.19. The topological polar surface area (TPSA) is 74.6 Å². The second-order valence-electron chi connectivity index (χ2n) is 6.68. The quantitative estimate of drug-likeness (QED) is 0.542. The molecule has 0 aliphatic carbocycles. The van der Waals surface area contributed by atoms with Crippen LogP contribution in [0.25, 0.3) is 6.08 Å². The van der Waals surface area contributed by atoms with E-state index in [0.717, 1.165) is 22.6 Å². The van der Waals surface area contributed by atoms with Gasteiger partial charge in [0.15, 0.2) is 0 Å². The number of hydrogen-bond acceptors (Lipinski definition) is 5. The smallest absolute Gasteiger partial charge is 0.248 e. The molecule has 0 spiro atoms. The van der Waals surface area contributed by atoms with Crippen LogP contribution in [0.3, 0.4) is 0 Å². The van der Waals surface area contributed by atoms with Crippen LogP contribution in [0.15, 0.2) is 60.9 Å². The molecule has 7 nitrogen and oxygen atoms in total. The molecule has 0 radical (unpaired) electrons. The molecule has 30 heavy (non-hydrogen) atoms. The Morgan fingerprint density at radius 2 is 1.97 bits per heavy atom. The predicted molar refractivity (Wildman–Crippen MR) is 115 cm³/mol. The summed E-state index contributed by atoms with van der Waals surface area (Å²) in [6.07, 6.45) is 6.48. The second kappa shape index (κ2) is 10.3. The monoisotopic (exact) mass is 407 g/mol. The number of rotatable bonds is 9. The summed E-state index contributed by atoms with van der Waals surface area (Å²) in [6.45, 7) is 2.72. The summed E-state index contributed by atoms with van der Waals surface area (Å²) in [7, 11) is 3.20. The third-order valence-electron chi connectivity index (χ3n) is 4.31. The molecule has 0 bridgehead atoms. The largest absolute Gasteiger partial charge is 0.496 e. The number of nitrogens with zero attached hydrogens (tertiary/aromatic N) is 2. The summed E-state index contributed by atoms with van der Waals surface area (Å²) in [5.41, 5.74) is 3.53. The standard InChI is InChI=1S/C23H25N3O4/c1-17-4-8-21(9-5-17)30-15-19-12-18(6-10-22(19)29-3)7-11-23(27)25-20-13-24-26(14-20)16-28-2/h4-14H,15-16H2,1-3H3,(H,25,27)/b11-7+. The Balaban J connectivity index is 1.64. The van der Waals surface area contributed by atoms with E-state index in [4.69, 9.17) is 14.2 Å². The summed E-state index contributed by atoms with van der Waals surface area (Å²) in [5, 5.41) is 6.85. The van der Waals surface area contributed by atoms with Crippen molar-refractivity contribution in [3.63, 3.8) is 0 Å². The minimum atomic E-state index is -0.250. The Morgan fingerprint density at radius 3 is 2.70 bits per heavy atom. The predicted octanol–water partition coefficient (Wildman–Crippen LogP) is 4.03. The summed E-state index contributed by atoms with van der Waals surface area (Å²) in [5.74, 6) is 1.27. The number of aryl methyl sites for hydroxylation is 1. The van der Waals surface area contributed by atoms with Crippen molar-refractivity contribution in [2.45, 2.75) is 20.3 Å². The van der Waals surface area contributed by atoms with Gasteiger partial charge in [-0.3, -0.25) is 4.79 Å². The number of anilines is 1. The van der Waals surface area contributed by atoms with E-state index in [2.05, 4.69) is 10.4 Å². The summed E-state index contributed by atoms with van der Waals surface area (Å²) >= 11 is 0. The fourth-order valence-electron chi connectivity index (χ4n) is 2.80. The Morgan fingerprint density at radius 1 is 1.17 bits per heavy atom. The van der Waals surface area contributed by atoms with Gasteiger partial charge in [0.2, 0.25) is 5.91 Å². The van der Waals surface area contributed by atoms with Gasteiger partial charge in [-0.1, -0.05) is 23.8 Å². The first-order valence-electron chi connectivity index (χ1n) is 9.44. The number of carbonyl (C=O) groups excluding carboxylic acids is 1. The number of carbonyl (C=O) groups is 1. The molecule has 1 N–H and O–H groups in total. The van der Waals surface area contributed by atoms with E-state index in [9.17, 15) is 4.79 Å². The third-order valence-corrected chi connectivity index (χ3v) is 4.31. The number of amides is 1. The molecule has 3 aromatic rings. The highest BCUT2D eigenvalue weighted by Crippen LogP contribution is 2.23. The second-order valence-corrected chi connectivity index (χ2v) is 6.68. The molecule has 1 amide bonds. The van der Waals surface area contributed by atoms with E-state index in [1.165, 1.54) is 11.6 Å². The van der Waals surface area contributed by atoms with Crippen molar-refractivity contribution in [1.29, 1.82) is 0 Å². The zero-order valence-corrected chi connectivity index (χ0v) is 17.3. The minimum absolute atomic E-state index is 0.250. The number of nitrogens with one attached hydrogen (secondary N) is 1. The van der Waals surface area contributed by atoms with Gasteiger partial charge < -0.3 is 19.5 Å². The van der Waals surface area contributed by atoms with Gasteiger partial charge in [-0.05, 0) is 42.8 Å². The number of methoxy groups -OCH3 is 2. The van der Waals surface area contributed by atoms with Crippen LogP contribution < -0.4 is 14.8 Å². The fourth-order valence-corrected chi connectivity index (χ4v) is 2.80. The van der Waals surface area contributed by atoms with E-state index in [-0.39, 0.29) is 5.91 Å². The van der Waals surface area contributed by atoms with Gasteiger partial charge >= 0.3 is 0 Å². The van der Waals surface area contributed by atoms with Gasteiger partial charge in [0.25, 0.3) is 0 Å². The molecule has 2 aromatic carbocycles. The van der Waals surface area contributed by atoms with E-state index < -0.39 is 0 Å². The molecule has 0 saturated heterocycles. The minimum Gasteiger partial charge on any atom is -0.496 e. The Labute approximate surface area is 175 Å². The average molecular weight is 407 g/mol. The van der Waals surface area contributed by atoms with E-state index in [1.807, 2.05) is 49.4 Å². The molecule has 1 heterocycles. The molecule has 156 valence electrons. The van der Waals surface area contributed by atoms with Crippen LogP contribution in [0, 0.1) is 6.92 Å². The first-order valence-corrected chi connectivity index (χ1v) is 9.44. The highest BCUT2D eigenvalue weighted by atomic mass is 16.5. The van der Waals surface area contributed by atoms with Crippen molar-refractivity contribution in [2.75, 3.05) is 19.5 Å². The van der Waals surface area contributed by atoms with E-state index in [0.29, 0.717) is 19.0 Å². The van der Waals surface area contributed by atoms with Gasteiger partial charge in [0.1, 0.15) is 24.8 Å². The summed E-state index contributed by atoms with van der Waals surface area (Å²) in [6, 6.07) is 13.6. The van der Waals surface area contributed by atoms with Gasteiger partial charge in [0, 0.05) is 18.7 Å². The van der Waals surface area contributed by atoms with Crippen LogP contribution in [0.2, 0.25) is 0 Å². The maximum absolute atomic E-state index is 12.2. The van der Waals surface area contributed by atoms with Crippen LogP contribution in [0.4, 0.5) is 5.69 Å². The highest BCUT2D eigenvalue weighted by Gasteiger charge is 2.06. The fraction of sp³-hybridized carbons (Fsp3) is 0.217. The normalized spacial score (nSPS) is 10.9. The lowest BCUT2D eigenvalue weighted by molar-refractivity contribution is -0.111. The summed E-state index contributed by atoms with van der Waals surface area (Å²) in [4.78, 5) is 12.2. The maximum Gasteiger partial charge on any atom is 0.248 e. The maximum atomic E-state index is 12.2. The Hall–Kier alpha value is -3.58. The molecule has 7 heteroatoms. The van der Waals surface area contributed by atoms with Crippen LogP contribution in [0.1, 0.15) is 16.7 Å². The third kappa shape index (κ3) is 5.96. The number of benzene rings is 2. The lowest BCUT2D eigenvalue weighted by Crippen LogP contribution is -2.07. The first-order chi connectivity index (χ1) is 14.6. The number of ether oxygens (including phenoxy) is 3. The van der Waals surface area contributed by atoms with Gasteiger partial charge in [-0.25, -0.2) is 4.68 Å². The lowest BCUT2D eigenvalue weighted by atomic mass is 10.1. The van der Waals surface area contributed by atoms with Crippen LogP contribution in [0.5, 0.6) is 11.5 Å². The van der Waals surface area contributed by atoms with Crippen molar-refractivity contribution in [3.05, 3.63) is 77.6 Å². The van der Waals surface area contributed by atoms with E-state index in [1.54, 1.807) is 37.4 Å². The lowest BCUT2D eigenvalue weighted by Gasteiger charge is -2.11. The van der Waals surface area contributed by atoms with Crippen molar-refractivity contribution in [1.82, 2.24) is 9.78 Å².